The Labute approximate surface area is 177 Å². The van der Waals surface area contributed by atoms with Gasteiger partial charge in [-0.2, -0.15) is 5.10 Å². The van der Waals surface area contributed by atoms with Gasteiger partial charge in [-0.1, -0.05) is 41.9 Å². The van der Waals surface area contributed by atoms with E-state index in [-0.39, 0.29) is 11.1 Å². The molecule has 0 fully saturated rings. The number of anilines is 1. The normalized spacial score (nSPS) is 10.3. The second kappa shape index (κ2) is 9.71. The molecule has 30 heavy (non-hydrogen) atoms. The van der Waals surface area contributed by atoms with Gasteiger partial charge in [-0.15, -0.1) is 0 Å². The molecule has 154 valence electrons. The topological polar surface area (TPSA) is 99.5 Å². The summed E-state index contributed by atoms with van der Waals surface area (Å²) in [5.74, 6) is -1.61. The van der Waals surface area contributed by atoms with Crippen LogP contribution in [-0.4, -0.2) is 41.3 Å². The first kappa shape index (κ1) is 21.1. The summed E-state index contributed by atoms with van der Waals surface area (Å²) in [6.45, 7) is -0.180. The van der Waals surface area contributed by atoms with Crippen molar-refractivity contribution >= 4 is 35.3 Å². The van der Waals surface area contributed by atoms with Gasteiger partial charge in [-0.3, -0.25) is 4.79 Å². The monoisotopic (exact) mass is 427 g/mol. The van der Waals surface area contributed by atoms with Crippen LogP contribution in [0.5, 0.6) is 0 Å². The maximum absolute atomic E-state index is 12.3. The Balaban J connectivity index is 1.61. The molecule has 0 saturated carbocycles. The van der Waals surface area contributed by atoms with Crippen molar-refractivity contribution in [1.29, 1.82) is 0 Å². The Kier molecular flexibility index (Phi) is 6.82. The molecule has 1 aromatic heterocycles. The fraction of sp³-hybridized carbons (Fsp3) is 0.143. The molecule has 0 unspecified atom stereocenters. The van der Waals surface area contributed by atoms with Gasteiger partial charge in [0.15, 0.2) is 6.61 Å². The Hall–Kier alpha value is -3.65. The lowest BCUT2D eigenvalue weighted by atomic mass is 10.1. The molecule has 0 aliphatic heterocycles. The largest absolute Gasteiger partial charge is 0.465 e. The zero-order chi connectivity index (χ0) is 21.5. The SMILES string of the molecule is COC(=O)c1ccccc1C(=O)OCC(=O)Nc1ccnn1Cc1ccccc1Cl. The highest BCUT2D eigenvalue weighted by atomic mass is 35.5. The van der Waals surface area contributed by atoms with Crippen LogP contribution in [0.1, 0.15) is 26.3 Å². The maximum atomic E-state index is 12.3. The van der Waals surface area contributed by atoms with Crippen molar-refractivity contribution < 1.29 is 23.9 Å². The van der Waals surface area contributed by atoms with Gasteiger partial charge in [0.1, 0.15) is 5.82 Å². The highest BCUT2D eigenvalue weighted by Crippen LogP contribution is 2.18. The minimum atomic E-state index is -0.810. The van der Waals surface area contributed by atoms with Gasteiger partial charge in [0.05, 0.1) is 31.0 Å². The van der Waals surface area contributed by atoms with E-state index in [9.17, 15) is 14.4 Å². The van der Waals surface area contributed by atoms with Crippen LogP contribution in [0.25, 0.3) is 0 Å². The van der Waals surface area contributed by atoms with Crippen LogP contribution in [0.2, 0.25) is 5.02 Å². The molecule has 0 spiro atoms. The van der Waals surface area contributed by atoms with E-state index in [0.29, 0.717) is 17.4 Å². The number of ether oxygens (including phenoxy) is 2. The van der Waals surface area contributed by atoms with E-state index in [1.54, 1.807) is 28.9 Å². The number of carbonyl (C=O) groups is 3. The number of hydrogen-bond donors (Lipinski definition) is 1. The van der Waals surface area contributed by atoms with Crippen LogP contribution in [0.3, 0.4) is 0 Å². The minimum absolute atomic E-state index is 0.0147. The summed E-state index contributed by atoms with van der Waals surface area (Å²) >= 11 is 6.17. The number of amides is 1. The summed E-state index contributed by atoms with van der Waals surface area (Å²) in [5.41, 5.74) is 0.911. The van der Waals surface area contributed by atoms with Crippen molar-refractivity contribution in [3.63, 3.8) is 0 Å². The van der Waals surface area contributed by atoms with Crippen LogP contribution in [-0.2, 0) is 20.8 Å². The Morgan fingerprint density at radius 3 is 2.37 bits per heavy atom. The highest BCUT2D eigenvalue weighted by Gasteiger charge is 2.19. The van der Waals surface area contributed by atoms with Crippen LogP contribution < -0.4 is 5.32 Å². The summed E-state index contributed by atoms with van der Waals surface area (Å²) < 4.78 is 11.3. The molecular weight excluding hydrogens is 410 g/mol. The molecule has 3 rings (SSSR count). The number of carbonyl (C=O) groups excluding carboxylic acids is 3. The lowest BCUT2D eigenvalue weighted by Gasteiger charge is -2.11. The second-order valence-electron chi connectivity index (χ2n) is 6.13. The van der Waals surface area contributed by atoms with Gasteiger partial charge in [-0.05, 0) is 23.8 Å². The van der Waals surface area contributed by atoms with Crippen LogP contribution in [0.15, 0.2) is 60.8 Å². The van der Waals surface area contributed by atoms with Gasteiger partial charge in [0.25, 0.3) is 5.91 Å². The van der Waals surface area contributed by atoms with Gasteiger partial charge >= 0.3 is 11.9 Å². The third kappa shape index (κ3) is 5.03. The van der Waals surface area contributed by atoms with Crippen molar-refractivity contribution in [2.24, 2.45) is 0 Å². The quantitative estimate of drug-likeness (QED) is 0.581. The molecule has 0 atom stereocenters. The number of esters is 2. The van der Waals surface area contributed by atoms with E-state index in [2.05, 4.69) is 15.2 Å². The fourth-order valence-electron chi connectivity index (χ4n) is 2.69. The summed E-state index contributed by atoms with van der Waals surface area (Å²) in [5, 5.41) is 7.39. The molecule has 1 heterocycles. The molecule has 2 aromatic carbocycles. The van der Waals surface area contributed by atoms with E-state index in [0.717, 1.165) is 5.56 Å². The van der Waals surface area contributed by atoms with Crippen LogP contribution >= 0.6 is 11.6 Å². The Bertz CT molecular complexity index is 1080. The molecule has 0 aliphatic rings. The van der Waals surface area contributed by atoms with Crippen LogP contribution in [0.4, 0.5) is 5.82 Å². The summed E-state index contributed by atoms with van der Waals surface area (Å²) in [6.07, 6.45) is 1.53. The second-order valence-corrected chi connectivity index (χ2v) is 6.53. The van der Waals surface area contributed by atoms with E-state index < -0.39 is 24.5 Å². The fourth-order valence-corrected chi connectivity index (χ4v) is 2.89. The number of halogens is 1. The average Bonchev–Trinajstić information content (AvgIpc) is 3.19. The maximum Gasteiger partial charge on any atom is 0.339 e. The third-order valence-electron chi connectivity index (χ3n) is 4.15. The van der Waals surface area contributed by atoms with Crippen molar-refractivity contribution in [3.8, 4) is 0 Å². The lowest BCUT2D eigenvalue weighted by molar-refractivity contribution is -0.119. The predicted molar refractivity (Wildman–Crippen MR) is 109 cm³/mol. The molecular formula is C21H18ClN3O5. The summed E-state index contributed by atoms with van der Waals surface area (Å²) in [7, 11) is 1.21. The van der Waals surface area contributed by atoms with Gasteiger partial charge in [0.2, 0.25) is 0 Å². The standard InChI is InChI=1S/C21H18ClN3O5/c1-29-20(27)15-7-3-4-8-16(15)21(28)30-13-19(26)24-18-10-11-23-25(18)12-14-6-2-5-9-17(14)22/h2-11H,12-13H2,1H3,(H,24,26). The number of rotatable bonds is 7. The molecule has 9 heteroatoms. The first-order valence-electron chi connectivity index (χ1n) is 8.89. The van der Waals surface area contributed by atoms with Crippen molar-refractivity contribution in [1.82, 2.24) is 9.78 Å². The molecule has 0 bridgehead atoms. The predicted octanol–water partition coefficient (Wildman–Crippen LogP) is 3.17. The first-order chi connectivity index (χ1) is 14.5. The molecule has 0 aliphatic carbocycles. The van der Waals surface area contributed by atoms with Crippen molar-refractivity contribution in [2.45, 2.75) is 6.54 Å². The zero-order valence-corrected chi connectivity index (χ0v) is 16.8. The Morgan fingerprint density at radius 2 is 1.67 bits per heavy atom. The molecule has 1 amide bonds. The van der Waals surface area contributed by atoms with E-state index in [1.807, 2.05) is 18.2 Å². The number of aromatic nitrogens is 2. The average molecular weight is 428 g/mol. The number of nitrogens with one attached hydrogen (secondary N) is 1. The molecule has 1 N–H and O–H groups in total. The lowest BCUT2D eigenvalue weighted by Crippen LogP contribution is -2.23. The van der Waals surface area contributed by atoms with Gasteiger partial charge < -0.3 is 14.8 Å². The molecule has 0 saturated heterocycles. The van der Waals surface area contributed by atoms with Gasteiger partial charge in [0, 0.05) is 11.1 Å². The van der Waals surface area contributed by atoms with Crippen molar-refractivity contribution in [2.75, 3.05) is 19.0 Å². The number of nitrogens with zero attached hydrogens (tertiary/aromatic N) is 2. The molecule has 8 nitrogen and oxygen atoms in total. The Morgan fingerprint density at radius 1 is 1.00 bits per heavy atom. The van der Waals surface area contributed by atoms with E-state index >= 15 is 0 Å². The molecule has 0 radical (unpaired) electrons. The van der Waals surface area contributed by atoms with Gasteiger partial charge in [-0.25, -0.2) is 14.3 Å². The zero-order valence-electron chi connectivity index (χ0n) is 16.0. The smallest absolute Gasteiger partial charge is 0.339 e. The summed E-state index contributed by atoms with van der Waals surface area (Å²) in [6, 6.07) is 15.0. The number of hydrogen-bond acceptors (Lipinski definition) is 6. The third-order valence-corrected chi connectivity index (χ3v) is 4.52. The first-order valence-corrected chi connectivity index (χ1v) is 9.27. The van der Waals surface area contributed by atoms with Crippen molar-refractivity contribution in [3.05, 3.63) is 82.5 Å². The van der Waals surface area contributed by atoms with E-state index in [4.69, 9.17) is 16.3 Å². The van der Waals surface area contributed by atoms with E-state index in [1.165, 1.54) is 25.4 Å². The van der Waals surface area contributed by atoms with Crippen LogP contribution in [0, 0.1) is 0 Å². The summed E-state index contributed by atoms with van der Waals surface area (Å²) in [4.78, 5) is 36.3. The minimum Gasteiger partial charge on any atom is -0.465 e. The number of benzene rings is 2. The molecule has 3 aromatic rings. The highest BCUT2D eigenvalue weighted by molar-refractivity contribution is 6.31. The number of methoxy groups -OCH3 is 1.